The number of nitrogens with one attached hydrogen (secondary N) is 2. The molecule has 92 valence electrons. The van der Waals surface area contributed by atoms with E-state index in [9.17, 15) is 9.59 Å². The average Bonchev–Trinajstić information content (AvgIpc) is 2.29. The van der Waals surface area contributed by atoms with Crippen LogP contribution in [0.25, 0.3) is 0 Å². The van der Waals surface area contributed by atoms with Crippen molar-refractivity contribution in [2.75, 3.05) is 12.4 Å². The average molecular weight is 234 g/mol. The molecule has 4 heteroatoms. The second-order valence-electron chi connectivity index (χ2n) is 4.52. The zero-order valence-corrected chi connectivity index (χ0v) is 10.6. The minimum absolute atomic E-state index is 0.113. The van der Waals surface area contributed by atoms with Crippen molar-refractivity contribution in [2.45, 2.75) is 26.3 Å². The van der Waals surface area contributed by atoms with Crippen molar-refractivity contribution in [1.29, 1.82) is 0 Å². The number of rotatable bonds is 4. The highest BCUT2D eigenvalue weighted by Gasteiger charge is 2.25. The smallest absolute Gasteiger partial charge is 0.244 e. The van der Waals surface area contributed by atoms with Gasteiger partial charge in [0.2, 0.25) is 5.91 Å². The maximum atomic E-state index is 11.9. The number of aldehydes is 1. The van der Waals surface area contributed by atoms with E-state index in [0.717, 1.165) is 11.8 Å². The predicted molar refractivity (Wildman–Crippen MR) is 68.3 cm³/mol. The van der Waals surface area contributed by atoms with Gasteiger partial charge in [0.25, 0.3) is 0 Å². The molecule has 0 radical (unpaired) electrons. The number of carbonyl (C=O) groups excluding carboxylic acids is 2. The number of benzene rings is 1. The lowest BCUT2D eigenvalue weighted by molar-refractivity contribution is -0.121. The summed E-state index contributed by atoms with van der Waals surface area (Å²) in [6.07, 6.45) is 0.804. The van der Waals surface area contributed by atoms with Gasteiger partial charge in [0, 0.05) is 11.3 Å². The van der Waals surface area contributed by atoms with Crippen LogP contribution in [0.1, 0.15) is 29.8 Å². The summed E-state index contributed by atoms with van der Waals surface area (Å²) in [6, 6.07) is 5.21. The van der Waals surface area contributed by atoms with E-state index in [1.807, 2.05) is 6.92 Å². The van der Waals surface area contributed by atoms with Crippen molar-refractivity contribution in [3.63, 3.8) is 0 Å². The van der Waals surface area contributed by atoms with Gasteiger partial charge in [-0.25, -0.2) is 0 Å². The molecule has 0 saturated carbocycles. The third-order valence-electron chi connectivity index (χ3n) is 2.85. The summed E-state index contributed by atoms with van der Waals surface area (Å²) >= 11 is 0. The molecule has 17 heavy (non-hydrogen) atoms. The fourth-order valence-corrected chi connectivity index (χ4v) is 1.29. The molecule has 0 aliphatic carbocycles. The fraction of sp³-hybridized carbons (Fsp3) is 0.385. The maximum absolute atomic E-state index is 11.9. The van der Waals surface area contributed by atoms with Crippen molar-refractivity contribution in [1.82, 2.24) is 5.32 Å². The minimum atomic E-state index is -0.628. The summed E-state index contributed by atoms with van der Waals surface area (Å²) in [7, 11) is 1.74. The van der Waals surface area contributed by atoms with Crippen LogP contribution in [0.3, 0.4) is 0 Å². The van der Waals surface area contributed by atoms with E-state index >= 15 is 0 Å². The van der Waals surface area contributed by atoms with Crippen LogP contribution in [-0.4, -0.2) is 24.8 Å². The van der Waals surface area contributed by atoms with Crippen molar-refractivity contribution in [3.8, 4) is 0 Å². The molecule has 2 N–H and O–H groups in total. The van der Waals surface area contributed by atoms with Crippen LogP contribution in [0.5, 0.6) is 0 Å². The van der Waals surface area contributed by atoms with Crippen molar-refractivity contribution < 1.29 is 9.59 Å². The van der Waals surface area contributed by atoms with Crippen LogP contribution < -0.4 is 10.6 Å². The van der Waals surface area contributed by atoms with Gasteiger partial charge in [-0.2, -0.15) is 0 Å². The SMILES string of the molecule is CNC(C)(C)C(=O)Nc1ccc(C=O)c(C)c1. The molecule has 1 rings (SSSR count). The van der Waals surface area contributed by atoms with Gasteiger partial charge in [0.1, 0.15) is 6.29 Å². The summed E-state index contributed by atoms with van der Waals surface area (Å²) in [6.45, 7) is 5.44. The standard InChI is InChI=1S/C13H18N2O2/c1-9-7-11(6-5-10(9)8-16)15-12(17)13(2,3)14-4/h5-8,14H,1-4H3,(H,15,17). The summed E-state index contributed by atoms with van der Waals surface area (Å²) in [5.41, 5.74) is 1.55. The molecule has 0 atom stereocenters. The molecule has 0 aliphatic rings. The van der Waals surface area contributed by atoms with Crippen LogP contribution in [0.4, 0.5) is 5.69 Å². The highest BCUT2D eigenvalue weighted by atomic mass is 16.2. The predicted octanol–water partition coefficient (Wildman–Crippen LogP) is 1.74. The Morgan fingerprint density at radius 2 is 2.00 bits per heavy atom. The molecule has 1 aromatic rings. The molecule has 0 aromatic heterocycles. The van der Waals surface area contributed by atoms with E-state index in [0.29, 0.717) is 11.3 Å². The number of carbonyl (C=O) groups is 2. The first-order valence-electron chi connectivity index (χ1n) is 5.47. The second-order valence-corrected chi connectivity index (χ2v) is 4.52. The highest BCUT2D eigenvalue weighted by molar-refractivity contribution is 5.97. The molecule has 1 amide bonds. The Balaban J connectivity index is 2.86. The molecule has 0 bridgehead atoms. The van der Waals surface area contributed by atoms with Crippen LogP contribution in [0.2, 0.25) is 0 Å². The molecule has 4 nitrogen and oxygen atoms in total. The largest absolute Gasteiger partial charge is 0.324 e. The summed E-state index contributed by atoms with van der Waals surface area (Å²) in [4.78, 5) is 22.6. The third kappa shape index (κ3) is 3.14. The first-order valence-corrected chi connectivity index (χ1v) is 5.47. The number of likely N-dealkylation sites (N-methyl/N-ethyl adjacent to an activating group) is 1. The first kappa shape index (κ1) is 13.4. The van der Waals surface area contributed by atoms with E-state index in [4.69, 9.17) is 0 Å². The Labute approximate surface area is 101 Å². The summed E-state index contributed by atoms with van der Waals surface area (Å²) in [5, 5.41) is 5.74. The number of hydrogen-bond donors (Lipinski definition) is 2. The van der Waals surface area contributed by atoms with Gasteiger partial charge in [-0.15, -0.1) is 0 Å². The van der Waals surface area contributed by atoms with Crippen LogP contribution in [0.15, 0.2) is 18.2 Å². The third-order valence-corrected chi connectivity index (χ3v) is 2.85. The number of amides is 1. The topological polar surface area (TPSA) is 58.2 Å². The van der Waals surface area contributed by atoms with Gasteiger partial charge in [-0.05, 0) is 51.6 Å². The second kappa shape index (κ2) is 5.10. The Morgan fingerprint density at radius 3 is 2.47 bits per heavy atom. The maximum Gasteiger partial charge on any atom is 0.244 e. The summed E-state index contributed by atoms with van der Waals surface area (Å²) in [5.74, 6) is -0.113. The van der Waals surface area contributed by atoms with Crippen molar-refractivity contribution in [2.24, 2.45) is 0 Å². The highest BCUT2D eigenvalue weighted by Crippen LogP contribution is 2.15. The number of hydrogen-bond acceptors (Lipinski definition) is 3. The van der Waals surface area contributed by atoms with E-state index < -0.39 is 5.54 Å². The lowest BCUT2D eigenvalue weighted by atomic mass is 10.0. The van der Waals surface area contributed by atoms with E-state index in [-0.39, 0.29) is 5.91 Å². The Kier molecular flexibility index (Phi) is 4.02. The molecular weight excluding hydrogens is 216 g/mol. The van der Waals surface area contributed by atoms with Crippen molar-refractivity contribution in [3.05, 3.63) is 29.3 Å². The number of aryl methyl sites for hydroxylation is 1. The van der Waals surface area contributed by atoms with Crippen LogP contribution in [0, 0.1) is 6.92 Å². The van der Waals surface area contributed by atoms with E-state index in [2.05, 4.69) is 10.6 Å². The van der Waals surface area contributed by atoms with Gasteiger partial charge in [-0.1, -0.05) is 0 Å². The van der Waals surface area contributed by atoms with Gasteiger partial charge in [-0.3, -0.25) is 9.59 Å². The molecule has 0 aliphatic heterocycles. The van der Waals surface area contributed by atoms with Gasteiger partial charge in [0.15, 0.2) is 0 Å². The van der Waals surface area contributed by atoms with Crippen molar-refractivity contribution >= 4 is 17.9 Å². The number of anilines is 1. The summed E-state index contributed by atoms with van der Waals surface area (Å²) < 4.78 is 0. The van der Waals surface area contributed by atoms with Crippen LogP contribution >= 0.6 is 0 Å². The van der Waals surface area contributed by atoms with Gasteiger partial charge in [0.05, 0.1) is 5.54 Å². The normalized spacial score (nSPS) is 11.1. The molecule has 0 spiro atoms. The molecule has 0 unspecified atom stereocenters. The monoisotopic (exact) mass is 234 g/mol. The fourth-order valence-electron chi connectivity index (χ4n) is 1.29. The first-order chi connectivity index (χ1) is 7.90. The Morgan fingerprint density at radius 1 is 1.35 bits per heavy atom. The van der Waals surface area contributed by atoms with Crippen LogP contribution in [-0.2, 0) is 4.79 Å². The molecular formula is C13H18N2O2. The lowest BCUT2D eigenvalue weighted by Gasteiger charge is -2.22. The zero-order chi connectivity index (χ0) is 13.1. The van der Waals surface area contributed by atoms with Gasteiger partial charge >= 0.3 is 0 Å². The van der Waals surface area contributed by atoms with E-state index in [1.165, 1.54) is 0 Å². The zero-order valence-electron chi connectivity index (χ0n) is 10.6. The minimum Gasteiger partial charge on any atom is -0.324 e. The molecule has 1 aromatic carbocycles. The molecule has 0 fully saturated rings. The Bertz CT molecular complexity index is 439. The quantitative estimate of drug-likeness (QED) is 0.780. The van der Waals surface area contributed by atoms with Gasteiger partial charge < -0.3 is 10.6 Å². The Hall–Kier alpha value is -1.68. The molecule has 0 heterocycles. The lowest BCUT2D eigenvalue weighted by Crippen LogP contribution is -2.47. The van der Waals surface area contributed by atoms with E-state index in [1.54, 1.807) is 39.1 Å². The molecule has 0 saturated heterocycles.